The molecule has 0 saturated heterocycles. The van der Waals surface area contributed by atoms with E-state index in [-0.39, 0.29) is 25.8 Å². The predicted molar refractivity (Wildman–Crippen MR) is 81.2 cm³/mol. The van der Waals surface area contributed by atoms with Crippen LogP contribution >= 0.6 is 27.5 Å². The largest absolute Gasteiger partial charge is 0.478 e. The number of pyridine rings is 1. The monoisotopic (exact) mass is 390 g/mol. The van der Waals surface area contributed by atoms with Crippen LogP contribution in [-0.2, 0) is 10.0 Å². The quantitative estimate of drug-likeness (QED) is 0.781. The molecule has 1 aromatic heterocycles. The van der Waals surface area contributed by atoms with Crippen LogP contribution in [0.15, 0.2) is 45.9 Å². The van der Waals surface area contributed by atoms with Gasteiger partial charge in [0.1, 0.15) is 10.0 Å². The number of carboxylic acids is 1. The standard InChI is InChI=1S/C12H8BrClN2O4S/c13-9-3-1-7(12(17)18)5-10(9)21(19,20)16-8-2-4-11(14)15-6-8/h1-6,16H,(H,17,18). The highest BCUT2D eigenvalue weighted by Crippen LogP contribution is 2.25. The van der Waals surface area contributed by atoms with Gasteiger partial charge in [0.25, 0.3) is 10.0 Å². The first-order chi connectivity index (χ1) is 9.79. The molecule has 6 nitrogen and oxygen atoms in total. The SMILES string of the molecule is O=C(O)c1ccc(Br)c(S(=O)(=O)Nc2ccc(Cl)nc2)c1. The van der Waals surface area contributed by atoms with Gasteiger partial charge >= 0.3 is 5.97 Å². The van der Waals surface area contributed by atoms with E-state index in [9.17, 15) is 13.2 Å². The molecule has 1 aromatic carbocycles. The van der Waals surface area contributed by atoms with Crippen LogP contribution in [0.2, 0.25) is 5.15 Å². The number of carbonyl (C=O) groups is 1. The number of hydrogen-bond acceptors (Lipinski definition) is 4. The number of nitrogens with zero attached hydrogens (tertiary/aromatic N) is 1. The van der Waals surface area contributed by atoms with E-state index in [1.165, 1.54) is 30.5 Å². The number of halogens is 2. The molecule has 0 amide bonds. The lowest BCUT2D eigenvalue weighted by Crippen LogP contribution is -2.14. The van der Waals surface area contributed by atoms with Crippen LogP contribution in [0.1, 0.15) is 10.4 Å². The van der Waals surface area contributed by atoms with E-state index in [1.807, 2.05) is 0 Å². The molecule has 0 fully saturated rings. The van der Waals surface area contributed by atoms with Gasteiger partial charge in [0.05, 0.1) is 17.4 Å². The van der Waals surface area contributed by atoms with E-state index in [0.717, 1.165) is 6.07 Å². The molecular formula is C12H8BrClN2O4S. The number of sulfonamides is 1. The molecule has 0 unspecified atom stereocenters. The van der Waals surface area contributed by atoms with Gasteiger partial charge in [0.2, 0.25) is 0 Å². The topological polar surface area (TPSA) is 96.4 Å². The van der Waals surface area contributed by atoms with Crippen LogP contribution in [0.3, 0.4) is 0 Å². The highest BCUT2D eigenvalue weighted by molar-refractivity contribution is 9.10. The summed E-state index contributed by atoms with van der Waals surface area (Å²) in [5.41, 5.74) is 0.0832. The number of benzene rings is 1. The molecule has 21 heavy (non-hydrogen) atoms. The van der Waals surface area contributed by atoms with Crippen molar-refractivity contribution >= 4 is 49.2 Å². The first kappa shape index (κ1) is 15.7. The van der Waals surface area contributed by atoms with Crippen molar-refractivity contribution < 1.29 is 18.3 Å². The molecule has 0 saturated carbocycles. The molecule has 0 atom stereocenters. The van der Waals surface area contributed by atoms with Gasteiger partial charge in [-0.15, -0.1) is 0 Å². The Labute approximate surface area is 134 Å². The van der Waals surface area contributed by atoms with Gasteiger partial charge in [-0.2, -0.15) is 0 Å². The molecule has 0 radical (unpaired) electrons. The lowest BCUT2D eigenvalue weighted by Gasteiger charge is -2.10. The smallest absolute Gasteiger partial charge is 0.335 e. The minimum Gasteiger partial charge on any atom is -0.478 e. The van der Waals surface area contributed by atoms with Crippen molar-refractivity contribution in [3.63, 3.8) is 0 Å². The van der Waals surface area contributed by atoms with E-state index >= 15 is 0 Å². The van der Waals surface area contributed by atoms with E-state index < -0.39 is 16.0 Å². The Morgan fingerprint density at radius 3 is 2.57 bits per heavy atom. The summed E-state index contributed by atoms with van der Waals surface area (Å²) in [4.78, 5) is 14.5. The molecule has 110 valence electrons. The predicted octanol–water partition coefficient (Wildman–Crippen LogP) is 3.00. The second kappa shape index (κ2) is 6.00. The number of aromatic nitrogens is 1. The van der Waals surface area contributed by atoms with Gasteiger partial charge in [-0.05, 0) is 46.3 Å². The summed E-state index contributed by atoms with van der Waals surface area (Å²) in [5, 5.41) is 9.16. The minimum absolute atomic E-state index is 0.132. The van der Waals surface area contributed by atoms with Crippen molar-refractivity contribution in [1.29, 1.82) is 0 Å². The molecule has 0 aliphatic carbocycles. The summed E-state index contributed by atoms with van der Waals surface area (Å²) >= 11 is 8.71. The second-order valence-electron chi connectivity index (χ2n) is 3.93. The van der Waals surface area contributed by atoms with Crippen molar-refractivity contribution in [1.82, 2.24) is 4.98 Å². The molecule has 2 rings (SSSR count). The Hall–Kier alpha value is -1.64. The molecule has 9 heteroatoms. The molecule has 0 spiro atoms. The van der Waals surface area contributed by atoms with Crippen molar-refractivity contribution in [3.8, 4) is 0 Å². The average Bonchev–Trinajstić information content (AvgIpc) is 2.41. The van der Waals surface area contributed by atoms with Gasteiger partial charge < -0.3 is 5.11 Å². The van der Waals surface area contributed by atoms with E-state index in [1.54, 1.807) is 0 Å². The van der Waals surface area contributed by atoms with Crippen LogP contribution in [0.25, 0.3) is 0 Å². The Morgan fingerprint density at radius 2 is 2.00 bits per heavy atom. The van der Waals surface area contributed by atoms with Gasteiger partial charge in [-0.25, -0.2) is 18.2 Å². The number of nitrogens with one attached hydrogen (secondary N) is 1. The average molecular weight is 392 g/mol. The van der Waals surface area contributed by atoms with Gasteiger partial charge in [0, 0.05) is 4.47 Å². The number of hydrogen-bond donors (Lipinski definition) is 2. The maximum atomic E-state index is 12.3. The first-order valence-corrected chi connectivity index (χ1v) is 8.12. The minimum atomic E-state index is -3.96. The summed E-state index contributed by atoms with van der Waals surface area (Å²) < 4.78 is 27.1. The first-order valence-electron chi connectivity index (χ1n) is 5.47. The van der Waals surface area contributed by atoms with Crippen LogP contribution in [-0.4, -0.2) is 24.5 Å². The zero-order valence-electron chi connectivity index (χ0n) is 10.2. The summed E-state index contributed by atoms with van der Waals surface area (Å²) in [6.45, 7) is 0. The third-order valence-electron chi connectivity index (χ3n) is 2.45. The third kappa shape index (κ3) is 3.72. The van der Waals surface area contributed by atoms with E-state index in [4.69, 9.17) is 16.7 Å². The number of carboxylic acid groups (broad SMARTS) is 1. The van der Waals surface area contributed by atoms with Crippen LogP contribution < -0.4 is 4.72 Å². The molecule has 2 N–H and O–H groups in total. The summed E-state index contributed by atoms with van der Waals surface area (Å²) in [5.74, 6) is -1.22. The zero-order valence-corrected chi connectivity index (χ0v) is 13.4. The maximum Gasteiger partial charge on any atom is 0.335 e. The lowest BCUT2D eigenvalue weighted by molar-refractivity contribution is 0.0696. The Balaban J connectivity index is 2.41. The van der Waals surface area contributed by atoms with E-state index in [0.29, 0.717) is 0 Å². The van der Waals surface area contributed by atoms with Crippen LogP contribution in [0.5, 0.6) is 0 Å². The van der Waals surface area contributed by atoms with Gasteiger partial charge in [-0.1, -0.05) is 11.6 Å². The molecular weight excluding hydrogens is 384 g/mol. The summed E-state index contributed by atoms with van der Waals surface area (Å²) in [6.07, 6.45) is 1.26. The zero-order chi connectivity index (χ0) is 15.6. The normalized spacial score (nSPS) is 11.1. The van der Waals surface area contributed by atoms with Crippen molar-refractivity contribution in [2.75, 3.05) is 4.72 Å². The van der Waals surface area contributed by atoms with Gasteiger partial charge in [-0.3, -0.25) is 4.72 Å². The fraction of sp³-hybridized carbons (Fsp3) is 0. The fourth-order valence-corrected chi connectivity index (χ4v) is 3.63. The van der Waals surface area contributed by atoms with Crippen LogP contribution in [0, 0.1) is 0 Å². The number of rotatable bonds is 4. The van der Waals surface area contributed by atoms with Crippen molar-refractivity contribution in [2.24, 2.45) is 0 Å². The highest BCUT2D eigenvalue weighted by atomic mass is 79.9. The number of aromatic carboxylic acids is 1. The summed E-state index contributed by atoms with van der Waals surface area (Å²) in [7, 11) is -3.96. The van der Waals surface area contributed by atoms with E-state index in [2.05, 4.69) is 25.6 Å². The molecule has 0 aliphatic heterocycles. The highest BCUT2D eigenvalue weighted by Gasteiger charge is 2.20. The second-order valence-corrected chi connectivity index (χ2v) is 6.82. The van der Waals surface area contributed by atoms with Gasteiger partial charge in [0.15, 0.2) is 0 Å². The number of anilines is 1. The Kier molecular flexibility index (Phi) is 4.50. The van der Waals surface area contributed by atoms with Crippen LogP contribution in [0.4, 0.5) is 5.69 Å². The molecule has 0 aliphatic rings. The maximum absolute atomic E-state index is 12.3. The Bertz CT molecular complexity index is 793. The molecule has 2 aromatic rings. The van der Waals surface area contributed by atoms with Crippen molar-refractivity contribution in [2.45, 2.75) is 4.90 Å². The molecule has 1 heterocycles. The molecule has 0 bridgehead atoms. The fourth-order valence-electron chi connectivity index (χ4n) is 1.49. The Morgan fingerprint density at radius 1 is 1.29 bits per heavy atom. The third-order valence-corrected chi connectivity index (χ3v) is 5.05. The van der Waals surface area contributed by atoms with Crippen molar-refractivity contribution in [3.05, 3.63) is 51.7 Å². The summed E-state index contributed by atoms with van der Waals surface area (Å²) in [6, 6.07) is 6.61. The lowest BCUT2D eigenvalue weighted by atomic mass is 10.2.